The lowest BCUT2D eigenvalue weighted by Crippen LogP contribution is -2.14. The molecule has 0 fully saturated rings. The summed E-state index contributed by atoms with van der Waals surface area (Å²) < 4.78 is 0.721. The molecule has 0 unspecified atom stereocenters. The van der Waals surface area contributed by atoms with Gasteiger partial charge < -0.3 is 10.6 Å². The third-order valence-corrected chi connectivity index (χ3v) is 4.72. The van der Waals surface area contributed by atoms with Crippen LogP contribution < -0.4 is 10.6 Å². The number of hydrogen-bond donors (Lipinski definition) is 2. The number of aromatic nitrogens is 2. The molecular weight excluding hydrogens is 332 g/mol. The molecule has 0 aliphatic carbocycles. The van der Waals surface area contributed by atoms with Crippen LogP contribution in [0.2, 0.25) is 0 Å². The Bertz CT molecular complexity index is 698. The summed E-state index contributed by atoms with van der Waals surface area (Å²) in [5.41, 5.74) is 1.27. The number of Topliss-reactive ketones (excluding diaryl/α,β-unsaturated/α-hetero) is 1. The number of nitrogens with one attached hydrogen (secondary N) is 2. The smallest absolute Gasteiger partial charge is 0.234 e. The summed E-state index contributed by atoms with van der Waals surface area (Å²) in [4.78, 5) is 23.1. The minimum Gasteiger partial charge on any atom is -0.357 e. The molecule has 6 nitrogen and oxygen atoms in total. The molecular formula is C15H16N4O2S2. The maximum absolute atomic E-state index is 11.9. The third-order valence-electron chi connectivity index (χ3n) is 2.71. The van der Waals surface area contributed by atoms with E-state index in [-0.39, 0.29) is 17.4 Å². The van der Waals surface area contributed by atoms with E-state index in [1.165, 1.54) is 30.0 Å². The lowest BCUT2D eigenvalue weighted by molar-refractivity contribution is -0.113. The van der Waals surface area contributed by atoms with E-state index in [1.54, 1.807) is 30.3 Å². The van der Waals surface area contributed by atoms with Gasteiger partial charge in [-0.05, 0) is 31.2 Å². The number of carbonyl (C=O) groups excluding carboxylic acids is 2. The van der Waals surface area contributed by atoms with Crippen molar-refractivity contribution >= 4 is 45.6 Å². The number of rotatable bonds is 8. The van der Waals surface area contributed by atoms with Gasteiger partial charge in [0.15, 0.2) is 10.1 Å². The van der Waals surface area contributed by atoms with Gasteiger partial charge in [0.05, 0.1) is 5.75 Å². The second-order valence-corrected chi connectivity index (χ2v) is 6.71. The number of amides is 1. The fourth-order valence-electron chi connectivity index (χ4n) is 1.61. The van der Waals surface area contributed by atoms with Gasteiger partial charge in [-0.15, -0.1) is 16.8 Å². The van der Waals surface area contributed by atoms with Crippen molar-refractivity contribution in [2.24, 2.45) is 0 Å². The van der Waals surface area contributed by atoms with E-state index in [9.17, 15) is 9.59 Å². The molecule has 0 saturated carbocycles. The molecule has 23 heavy (non-hydrogen) atoms. The van der Waals surface area contributed by atoms with E-state index in [2.05, 4.69) is 27.4 Å². The van der Waals surface area contributed by atoms with Crippen LogP contribution in [0.4, 0.5) is 10.8 Å². The number of ketones is 1. The van der Waals surface area contributed by atoms with Crippen molar-refractivity contribution in [3.05, 3.63) is 42.5 Å². The molecule has 120 valence electrons. The topological polar surface area (TPSA) is 84.0 Å². The fourth-order valence-corrected chi connectivity index (χ4v) is 3.17. The number of nitrogens with zero attached hydrogens (tertiary/aromatic N) is 2. The summed E-state index contributed by atoms with van der Waals surface area (Å²) in [6.45, 7) is 5.74. The van der Waals surface area contributed by atoms with Gasteiger partial charge in [-0.2, -0.15) is 0 Å². The van der Waals surface area contributed by atoms with Crippen LogP contribution in [0.5, 0.6) is 0 Å². The Morgan fingerprint density at radius 3 is 2.70 bits per heavy atom. The van der Waals surface area contributed by atoms with Crippen molar-refractivity contribution in [1.82, 2.24) is 10.2 Å². The summed E-state index contributed by atoms with van der Waals surface area (Å²) in [7, 11) is 0. The van der Waals surface area contributed by atoms with Gasteiger partial charge in [0.25, 0.3) is 0 Å². The molecule has 1 aromatic carbocycles. The zero-order chi connectivity index (χ0) is 16.7. The van der Waals surface area contributed by atoms with Gasteiger partial charge in [-0.1, -0.05) is 29.2 Å². The largest absolute Gasteiger partial charge is 0.357 e. The van der Waals surface area contributed by atoms with Gasteiger partial charge in [0.1, 0.15) is 0 Å². The normalized spacial score (nSPS) is 10.1. The Labute approximate surface area is 142 Å². The van der Waals surface area contributed by atoms with E-state index in [1.807, 2.05) is 0 Å². The highest BCUT2D eigenvalue weighted by atomic mass is 32.2. The zero-order valence-corrected chi connectivity index (χ0v) is 14.2. The van der Waals surface area contributed by atoms with E-state index >= 15 is 0 Å². The Hall–Kier alpha value is -2.19. The van der Waals surface area contributed by atoms with Crippen LogP contribution in [0.1, 0.15) is 17.3 Å². The standard InChI is InChI=1S/C15H16N4O2S2/c1-3-8-16-14-18-19-15(23-14)22-9-13(21)17-12-6-4-11(5-7-12)10(2)20/h3-7H,1,8-9H2,2H3,(H,16,18)(H,17,21). The van der Waals surface area contributed by atoms with E-state index < -0.39 is 0 Å². The Kier molecular flexibility index (Phi) is 6.30. The molecule has 0 radical (unpaired) electrons. The van der Waals surface area contributed by atoms with Crippen molar-refractivity contribution in [2.45, 2.75) is 11.3 Å². The van der Waals surface area contributed by atoms with Gasteiger partial charge in [0, 0.05) is 17.8 Å². The van der Waals surface area contributed by atoms with Crippen molar-refractivity contribution in [2.75, 3.05) is 22.9 Å². The van der Waals surface area contributed by atoms with Crippen molar-refractivity contribution in [3.8, 4) is 0 Å². The molecule has 0 atom stereocenters. The summed E-state index contributed by atoms with van der Waals surface area (Å²) in [5.74, 6) is 0.0989. The van der Waals surface area contributed by atoms with Crippen molar-refractivity contribution in [1.29, 1.82) is 0 Å². The number of thioether (sulfide) groups is 1. The highest BCUT2D eigenvalue weighted by molar-refractivity contribution is 8.01. The Morgan fingerprint density at radius 1 is 1.30 bits per heavy atom. The van der Waals surface area contributed by atoms with E-state index in [0.29, 0.717) is 22.9 Å². The zero-order valence-electron chi connectivity index (χ0n) is 12.5. The van der Waals surface area contributed by atoms with Gasteiger partial charge in [-0.25, -0.2) is 0 Å². The molecule has 1 amide bonds. The lowest BCUT2D eigenvalue weighted by Gasteiger charge is -2.04. The summed E-state index contributed by atoms with van der Waals surface area (Å²) in [6, 6.07) is 6.80. The van der Waals surface area contributed by atoms with Crippen LogP contribution in [0, 0.1) is 0 Å². The van der Waals surface area contributed by atoms with Crippen LogP contribution in [0.15, 0.2) is 41.3 Å². The monoisotopic (exact) mass is 348 g/mol. The predicted octanol–water partition coefficient (Wildman–Crippen LogP) is 3.07. The first-order valence-corrected chi connectivity index (χ1v) is 8.60. The van der Waals surface area contributed by atoms with Crippen LogP contribution in [-0.2, 0) is 4.79 Å². The van der Waals surface area contributed by atoms with E-state index in [4.69, 9.17) is 0 Å². The lowest BCUT2D eigenvalue weighted by atomic mass is 10.1. The minimum atomic E-state index is -0.138. The summed E-state index contributed by atoms with van der Waals surface area (Å²) >= 11 is 2.71. The van der Waals surface area contributed by atoms with E-state index in [0.717, 1.165) is 4.34 Å². The van der Waals surface area contributed by atoms with Crippen LogP contribution >= 0.6 is 23.1 Å². The second kappa shape index (κ2) is 8.44. The van der Waals surface area contributed by atoms with Crippen LogP contribution in [0.25, 0.3) is 0 Å². The molecule has 0 aliphatic heterocycles. The molecule has 8 heteroatoms. The molecule has 1 heterocycles. The first kappa shape index (κ1) is 17.2. The average Bonchev–Trinajstić information content (AvgIpc) is 2.99. The maximum Gasteiger partial charge on any atom is 0.234 e. The molecule has 2 rings (SSSR count). The molecule has 0 spiro atoms. The number of carbonyl (C=O) groups is 2. The average molecular weight is 348 g/mol. The third kappa shape index (κ3) is 5.50. The molecule has 1 aromatic heterocycles. The highest BCUT2D eigenvalue weighted by Gasteiger charge is 2.08. The molecule has 2 N–H and O–H groups in total. The SMILES string of the molecule is C=CCNc1nnc(SCC(=O)Nc2ccc(C(C)=O)cc2)s1. The maximum atomic E-state index is 11.9. The predicted molar refractivity (Wildman–Crippen MR) is 94.4 cm³/mol. The molecule has 0 bridgehead atoms. The highest BCUT2D eigenvalue weighted by Crippen LogP contribution is 2.25. The minimum absolute atomic E-state index is 0.00410. The molecule has 2 aromatic rings. The fraction of sp³-hybridized carbons (Fsp3) is 0.200. The molecule has 0 aliphatic rings. The second-order valence-electron chi connectivity index (χ2n) is 4.51. The number of benzene rings is 1. The summed E-state index contributed by atoms with van der Waals surface area (Å²) in [5, 5.41) is 14.5. The number of anilines is 2. The quantitative estimate of drug-likeness (QED) is 0.433. The van der Waals surface area contributed by atoms with Gasteiger partial charge in [0.2, 0.25) is 11.0 Å². The Balaban J connectivity index is 1.81. The first-order chi connectivity index (χ1) is 11.1. The number of hydrogen-bond acceptors (Lipinski definition) is 7. The van der Waals surface area contributed by atoms with Gasteiger partial charge in [-0.3, -0.25) is 9.59 Å². The van der Waals surface area contributed by atoms with Crippen LogP contribution in [-0.4, -0.2) is 34.2 Å². The summed E-state index contributed by atoms with van der Waals surface area (Å²) in [6.07, 6.45) is 1.74. The van der Waals surface area contributed by atoms with Crippen molar-refractivity contribution in [3.63, 3.8) is 0 Å². The van der Waals surface area contributed by atoms with Crippen LogP contribution in [0.3, 0.4) is 0 Å². The first-order valence-electron chi connectivity index (χ1n) is 6.80. The molecule has 0 saturated heterocycles. The van der Waals surface area contributed by atoms with Gasteiger partial charge >= 0.3 is 0 Å². The Morgan fingerprint density at radius 2 is 2.04 bits per heavy atom. The van der Waals surface area contributed by atoms with Crippen molar-refractivity contribution < 1.29 is 9.59 Å².